The largest absolute Gasteiger partial charge is 0.477 e. The van der Waals surface area contributed by atoms with Crippen molar-refractivity contribution in [1.29, 1.82) is 0 Å². The minimum Gasteiger partial charge on any atom is -0.477 e. The second-order valence-electron chi connectivity index (χ2n) is 5.01. The number of nitrogens with one attached hydrogen (secondary N) is 1. The molecule has 0 aromatic carbocycles. The van der Waals surface area contributed by atoms with Crippen molar-refractivity contribution >= 4 is 33.2 Å². The number of carbonyl (C=O) groups is 1. The molecule has 2 aliphatic carbocycles. The van der Waals surface area contributed by atoms with Crippen LogP contribution < -0.4 is 4.72 Å². The molecule has 0 saturated carbocycles. The van der Waals surface area contributed by atoms with Crippen molar-refractivity contribution < 1.29 is 22.8 Å². The summed E-state index contributed by atoms with van der Waals surface area (Å²) in [6.45, 7) is 0. The van der Waals surface area contributed by atoms with E-state index < -0.39 is 21.9 Å². The van der Waals surface area contributed by atoms with E-state index >= 15 is 0 Å². The Kier molecular flexibility index (Phi) is 4.12. The van der Waals surface area contributed by atoms with Gasteiger partial charge in [-0.3, -0.25) is 4.72 Å². The van der Waals surface area contributed by atoms with Crippen LogP contribution in [0.4, 0.5) is 5.88 Å². The zero-order valence-electron chi connectivity index (χ0n) is 12.4. The van der Waals surface area contributed by atoms with Crippen LogP contribution in [0.1, 0.15) is 10.4 Å². The van der Waals surface area contributed by atoms with Crippen molar-refractivity contribution in [2.45, 2.75) is 0 Å². The van der Waals surface area contributed by atoms with Gasteiger partial charge in [-0.25, -0.2) is 13.2 Å². The second-order valence-corrected chi connectivity index (χ2v) is 7.54. The van der Waals surface area contributed by atoms with Crippen molar-refractivity contribution in [1.82, 2.24) is 5.16 Å². The lowest BCUT2D eigenvalue weighted by atomic mass is 10.1. The standard InChI is InChI=1S/C9H8N2O5S2.C6H4/c1-18(14,15)11-8-6(9(12)13)7(10-16-8)5-2-3-17-4-5;1-2-5-4-6(5)3-1/h2-4,11H,1H3,(H,12,13);1-4H. The summed E-state index contributed by atoms with van der Waals surface area (Å²) in [6, 6.07) is 10.1. The van der Waals surface area contributed by atoms with Gasteiger partial charge < -0.3 is 9.63 Å². The Bertz CT molecular complexity index is 974. The minimum atomic E-state index is -3.63. The summed E-state index contributed by atoms with van der Waals surface area (Å²) in [7, 11) is -3.63. The molecule has 24 heavy (non-hydrogen) atoms. The zero-order chi connectivity index (χ0) is 17.3. The van der Waals surface area contributed by atoms with E-state index in [1.54, 1.807) is 16.8 Å². The molecule has 124 valence electrons. The number of rotatable bonds is 4. The minimum absolute atomic E-state index is 0.0925. The molecule has 2 aromatic rings. The lowest BCUT2D eigenvalue weighted by molar-refractivity contribution is 0.0698. The van der Waals surface area contributed by atoms with E-state index in [0.29, 0.717) is 5.56 Å². The number of hydrogen-bond donors (Lipinski definition) is 2. The number of fused-ring (bicyclic) bond motifs is 1. The van der Waals surface area contributed by atoms with Crippen LogP contribution in [0.15, 0.2) is 45.6 Å². The predicted octanol–water partition coefficient (Wildman–Crippen LogP) is 3.14. The highest BCUT2D eigenvalue weighted by Gasteiger charge is 2.25. The van der Waals surface area contributed by atoms with Crippen LogP contribution in [0, 0.1) is 0 Å². The molecule has 0 atom stereocenters. The molecular formula is C15H12N2O5S2. The fourth-order valence-electron chi connectivity index (χ4n) is 2.00. The Morgan fingerprint density at radius 1 is 1.25 bits per heavy atom. The topological polar surface area (TPSA) is 110 Å². The van der Waals surface area contributed by atoms with Gasteiger partial charge in [-0.2, -0.15) is 11.3 Å². The highest BCUT2D eigenvalue weighted by atomic mass is 32.2. The van der Waals surface area contributed by atoms with Gasteiger partial charge in [0.15, 0.2) is 5.56 Å². The Morgan fingerprint density at radius 2 is 1.96 bits per heavy atom. The fourth-order valence-corrected chi connectivity index (χ4v) is 3.12. The van der Waals surface area contributed by atoms with Crippen LogP contribution in [0.25, 0.3) is 22.4 Å². The van der Waals surface area contributed by atoms with E-state index in [1.165, 1.54) is 22.5 Å². The number of carboxylic acids is 1. The van der Waals surface area contributed by atoms with Gasteiger partial charge in [0.2, 0.25) is 10.0 Å². The molecule has 2 N–H and O–H groups in total. The molecule has 2 heterocycles. The molecule has 4 rings (SSSR count). The van der Waals surface area contributed by atoms with Crippen molar-refractivity contribution in [2.75, 3.05) is 11.0 Å². The molecular weight excluding hydrogens is 352 g/mol. The molecule has 0 bridgehead atoms. The SMILES string of the molecule is CS(=O)(=O)Nc1onc(-c2ccsc2)c1C(=O)O.c1cc2cc-2c1. The van der Waals surface area contributed by atoms with Gasteiger partial charge in [0, 0.05) is 10.9 Å². The summed E-state index contributed by atoms with van der Waals surface area (Å²) in [6.07, 6.45) is 0.894. The normalized spacial score (nSPS) is 11.4. The number of aromatic carboxylic acids is 1. The van der Waals surface area contributed by atoms with Crippen LogP contribution in [0.2, 0.25) is 0 Å². The van der Waals surface area contributed by atoms with Crippen molar-refractivity contribution in [3.8, 4) is 22.4 Å². The van der Waals surface area contributed by atoms with E-state index in [-0.39, 0.29) is 11.3 Å². The quantitative estimate of drug-likeness (QED) is 0.576. The maximum atomic E-state index is 11.2. The average Bonchev–Trinajstić information content (AvgIpc) is 2.96. The summed E-state index contributed by atoms with van der Waals surface area (Å²) in [4.78, 5) is 11.2. The van der Waals surface area contributed by atoms with Crippen molar-refractivity contribution in [3.63, 3.8) is 0 Å². The summed E-state index contributed by atoms with van der Waals surface area (Å²) in [5, 5.41) is 16.1. The predicted molar refractivity (Wildman–Crippen MR) is 90.7 cm³/mol. The van der Waals surface area contributed by atoms with Gasteiger partial charge in [-0.15, -0.1) is 0 Å². The zero-order valence-corrected chi connectivity index (χ0v) is 14.0. The summed E-state index contributed by atoms with van der Waals surface area (Å²) >= 11 is 1.36. The Morgan fingerprint density at radius 3 is 2.38 bits per heavy atom. The first kappa shape index (κ1) is 16.2. The molecule has 2 aliphatic rings. The van der Waals surface area contributed by atoms with Crippen molar-refractivity contribution in [3.05, 3.63) is 46.7 Å². The lowest BCUT2D eigenvalue weighted by Crippen LogP contribution is -2.12. The number of carboxylic acid groups (broad SMARTS) is 1. The Hall–Kier alpha value is -2.65. The first-order valence-corrected chi connectivity index (χ1v) is 9.52. The number of anilines is 1. The molecule has 0 radical (unpaired) electrons. The highest BCUT2D eigenvalue weighted by molar-refractivity contribution is 7.92. The second kappa shape index (κ2) is 6.10. The van der Waals surface area contributed by atoms with E-state index in [0.717, 1.165) is 6.26 Å². The van der Waals surface area contributed by atoms with Gasteiger partial charge in [-0.1, -0.05) is 23.4 Å². The maximum Gasteiger partial charge on any atom is 0.343 e. The summed E-state index contributed by atoms with van der Waals surface area (Å²) < 4.78 is 28.9. The molecule has 7 nitrogen and oxygen atoms in total. The number of aromatic nitrogens is 1. The summed E-state index contributed by atoms with van der Waals surface area (Å²) in [5.74, 6) is -1.71. The van der Waals surface area contributed by atoms with Crippen LogP contribution in [0.3, 0.4) is 0 Å². The van der Waals surface area contributed by atoms with Crippen LogP contribution in [-0.2, 0) is 10.0 Å². The summed E-state index contributed by atoms with van der Waals surface area (Å²) in [5.41, 5.74) is 3.20. The Labute approximate surface area is 141 Å². The van der Waals surface area contributed by atoms with Gasteiger partial charge >= 0.3 is 5.97 Å². The maximum absolute atomic E-state index is 11.2. The van der Waals surface area contributed by atoms with E-state index in [9.17, 15) is 13.2 Å². The molecule has 0 amide bonds. The smallest absolute Gasteiger partial charge is 0.343 e. The number of thiophene rings is 1. The number of nitrogens with zero attached hydrogens (tertiary/aromatic N) is 1. The number of sulfonamides is 1. The molecule has 0 saturated heterocycles. The first-order chi connectivity index (χ1) is 11.3. The van der Waals surface area contributed by atoms with Crippen molar-refractivity contribution in [2.24, 2.45) is 0 Å². The van der Waals surface area contributed by atoms with E-state index in [2.05, 4.69) is 29.4 Å². The molecule has 0 fully saturated rings. The fraction of sp³-hybridized carbons (Fsp3) is 0.0667. The van der Waals surface area contributed by atoms with Gasteiger partial charge in [0.25, 0.3) is 5.88 Å². The van der Waals surface area contributed by atoms with Crippen LogP contribution >= 0.6 is 11.3 Å². The monoisotopic (exact) mass is 364 g/mol. The van der Waals surface area contributed by atoms with Gasteiger partial charge in [-0.05, 0) is 28.6 Å². The number of hydrogen-bond acceptors (Lipinski definition) is 6. The third-order valence-electron chi connectivity index (χ3n) is 3.09. The Balaban J connectivity index is 0.000000231. The van der Waals surface area contributed by atoms with E-state index in [4.69, 9.17) is 9.63 Å². The molecule has 9 heteroatoms. The van der Waals surface area contributed by atoms with Gasteiger partial charge in [0.05, 0.1) is 6.26 Å². The lowest BCUT2D eigenvalue weighted by Gasteiger charge is -1.99. The molecule has 0 aliphatic heterocycles. The third-order valence-corrected chi connectivity index (χ3v) is 4.33. The molecule has 0 unspecified atom stereocenters. The van der Waals surface area contributed by atoms with Crippen LogP contribution in [-0.4, -0.2) is 30.9 Å². The first-order valence-electron chi connectivity index (χ1n) is 6.69. The van der Waals surface area contributed by atoms with Gasteiger partial charge in [0.1, 0.15) is 5.69 Å². The van der Waals surface area contributed by atoms with Crippen LogP contribution in [0.5, 0.6) is 0 Å². The molecule has 2 aromatic heterocycles. The highest BCUT2D eigenvalue weighted by Crippen LogP contribution is 2.32. The molecule has 0 spiro atoms. The number of benzene rings is 1. The van der Waals surface area contributed by atoms with E-state index in [1.807, 2.05) is 4.72 Å². The third kappa shape index (κ3) is 3.63. The average molecular weight is 364 g/mol.